The van der Waals surface area contributed by atoms with Crippen molar-refractivity contribution in [3.8, 4) is 0 Å². The molecule has 1 aliphatic carbocycles. The maximum absolute atomic E-state index is 2.39. The minimum absolute atomic E-state index is 0.119. The van der Waals surface area contributed by atoms with Crippen LogP contribution in [0, 0.1) is 27.7 Å². The maximum atomic E-state index is 2.39. The third-order valence-electron chi connectivity index (χ3n) is 6.50. The van der Waals surface area contributed by atoms with Crippen LogP contribution < -0.4 is 5.19 Å². The molecule has 0 amide bonds. The second kappa shape index (κ2) is 7.28. The molecule has 0 saturated carbocycles. The van der Waals surface area contributed by atoms with Crippen molar-refractivity contribution >= 4 is 14.7 Å². The summed E-state index contributed by atoms with van der Waals surface area (Å²) in [6.45, 7) is 18.2. The van der Waals surface area contributed by atoms with Crippen molar-refractivity contribution in [2.75, 3.05) is 0 Å². The lowest BCUT2D eigenvalue weighted by Crippen LogP contribution is -2.33. The molecule has 3 rings (SSSR count). The summed E-state index contributed by atoms with van der Waals surface area (Å²) >= 11 is 0. The van der Waals surface area contributed by atoms with Gasteiger partial charge in [0.05, 0.1) is 9.52 Å². The van der Waals surface area contributed by atoms with Gasteiger partial charge < -0.3 is 0 Å². The lowest BCUT2D eigenvalue weighted by Gasteiger charge is -2.34. The molecule has 0 atom stereocenters. The molecule has 2 radical (unpaired) electrons. The highest BCUT2D eigenvalue weighted by molar-refractivity contribution is 6.59. The molecule has 1 heteroatoms. The van der Waals surface area contributed by atoms with Gasteiger partial charge in [0.15, 0.2) is 0 Å². The molecule has 0 aliphatic heterocycles. The summed E-state index contributed by atoms with van der Waals surface area (Å²) in [4.78, 5) is 0. The van der Waals surface area contributed by atoms with Gasteiger partial charge in [-0.25, -0.2) is 0 Å². The van der Waals surface area contributed by atoms with Crippen molar-refractivity contribution in [2.24, 2.45) is 0 Å². The standard InChI is InChI=1S/C26H32Si/c1-16-9-10-24(19(4)12-16)15-26(22(7)20(5)21(6)23(26)8)27-25-13-17(2)11-18(3)14-25/h9-14H,15H2,1-8H3. The highest BCUT2D eigenvalue weighted by Crippen LogP contribution is 2.54. The van der Waals surface area contributed by atoms with Gasteiger partial charge in [0.1, 0.15) is 0 Å². The number of aryl methyl sites for hydroxylation is 4. The zero-order chi connectivity index (χ0) is 19.9. The van der Waals surface area contributed by atoms with Gasteiger partial charge in [0.2, 0.25) is 0 Å². The van der Waals surface area contributed by atoms with Crippen LogP contribution in [0.3, 0.4) is 0 Å². The van der Waals surface area contributed by atoms with Gasteiger partial charge in [-0.05, 0) is 84.1 Å². The largest absolute Gasteiger partial charge is 0.0988 e. The van der Waals surface area contributed by atoms with E-state index in [1.807, 2.05) is 0 Å². The molecule has 0 N–H and O–H groups in total. The molecule has 140 valence electrons. The molecular formula is C26H32Si. The summed E-state index contributed by atoms with van der Waals surface area (Å²) in [6, 6.07) is 14.0. The van der Waals surface area contributed by atoms with Gasteiger partial charge in [-0.1, -0.05) is 69.4 Å². The Morgan fingerprint density at radius 2 is 1.22 bits per heavy atom. The SMILES string of the molecule is CC1=C(C)C(Cc2ccc(C)cc2C)([Si]c2cc(C)cc(C)c2)C(C)=C1C. The Kier molecular flexibility index (Phi) is 5.36. The molecule has 0 spiro atoms. The van der Waals surface area contributed by atoms with E-state index < -0.39 is 0 Å². The van der Waals surface area contributed by atoms with E-state index in [4.69, 9.17) is 0 Å². The highest BCUT2D eigenvalue weighted by atomic mass is 28.2. The smallest absolute Gasteiger partial charge is 0.0624 e. The van der Waals surface area contributed by atoms with Crippen LogP contribution >= 0.6 is 0 Å². The average molecular weight is 373 g/mol. The van der Waals surface area contributed by atoms with E-state index in [0.717, 1.165) is 15.9 Å². The number of allylic oxidation sites excluding steroid dienone is 4. The van der Waals surface area contributed by atoms with Crippen LogP contribution in [0.1, 0.15) is 55.5 Å². The molecule has 2 aromatic rings. The summed E-state index contributed by atoms with van der Waals surface area (Å²) < 4.78 is 0. The molecule has 0 saturated heterocycles. The quantitative estimate of drug-likeness (QED) is 0.550. The Morgan fingerprint density at radius 1 is 0.667 bits per heavy atom. The van der Waals surface area contributed by atoms with E-state index in [2.05, 4.69) is 91.8 Å². The molecule has 2 aromatic carbocycles. The van der Waals surface area contributed by atoms with Crippen molar-refractivity contribution in [2.45, 2.75) is 66.8 Å². The fraction of sp³-hybridized carbons (Fsp3) is 0.385. The van der Waals surface area contributed by atoms with E-state index >= 15 is 0 Å². The minimum atomic E-state index is 0.119. The summed E-state index contributed by atoms with van der Waals surface area (Å²) in [6.07, 6.45) is 1.09. The molecule has 0 unspecified atom stereocenters. The third kappa shape index (κ3) is 3.62. The van der Waals surface area contributed by atoms with Gasteiger partial charge in [-0.15, -0.1) is 0 Å². The zero-order valence-corrected chi connectivity index (χ0v) is 19.2. The van der Waals surface area contributed by atoms with Crippen LogP contribution in [0.4, 0.5) is 0 Å². The Morgan fingerprint density at radius 3 is 1.74 bits per heavy atom. The Bertz CT molecular complexity index is 912. The van der Waals surface area contributed by atoms with Crippen molar-refractivity contribution in [3.63, 3.8) is 0 Å². The predicted molar refractivity (Wildman–Crippen MR) is 120 cm³/mol. The molecule has 0 bridgehead atoms. The first-order chi connectivity index (χ1) is 12.6. The number of rotatable bonds is 4. The minimum Gasteiger partial charge on any atom is -0.0624 e. The molecule has 1 aliphatic rings. The van der Waals surface area contributed by atoms with Crippen LogP contribution in [0.25, 0.3) is 0 Å². The Labute approximate surface area is 168 Å². The van der Waals surface area contributed by atoms with Gasteiger partial charge in [0.25, 0.3) is 0 Å². The fourth-order valence-corrected chi connectivity index (χ4v) is 6.73. The van der Waals surface area contributed by atoms with E-state index in [0.29, 0.717) is 0 Å². The molecule has 27 heavy (non-hydrogen) atoms. The van der Waals surface area contributed by atoms with E-state index in [9.17, 15) is 0 Å². The summed E-state index contributed by atoms with van der Waals surface area (Å²) in [5.74, 6) is 0. The summed E-state index contributed by atoms with van der Waals surface area (Å²) in [5.41, 5.74) is 13.1. The van der Waals surface area contributed by atoms with Gasteiger partial charge in [-0.2, -0.15) is 0 Å². The molecule has 0 nitrogen and oxygen atoms in total. The Balaban J connectivity index is 2.13. The second-order valence-electron chi connectivity index (χ2n) is 8.51. The van der Waals surface area contributed by atoms with Crippen LogP contribution in [-0.2, 0) is 6.42 Å². The predicted octanol–water partition coefficient (Wildman–Crippen LogP) is 6.34. The molecule has 0 aromatic heterocycles. The first-order valence-electron chi connectivity index (χ1n) is 9.93. The van der Waals surface area contributed by atoms with Crippen molar-refractivity contribution in [1.29, 1.82) is 0 Å². The number of hydrogen-bond donors (Lipinski definition) is 0. The monoisotopic (exact) mass is 372 g/mol. The van der Waals surface area contributed by atoms with E-state index in [1.165, 1.54) is 44.2 Å². The second-order valence-corrected chi connectivity index (χ2v) is 10.2. The van der Waals surface area contributed by atoms with Crippen molar-refractivity contribution < 1.29 is 0 Å². The zero-order valence-electron chi connectivity index (χ0n) is 18.2. The van der Waals surface area contributed by atoms with Crippen molar-refractivity contribution in [3.05, 3.63) is 86.5 Å². The van der Waals surface area contributed by atoms with Gasteiger partial charge in [-0.3, -0.25) is 0 Å². The maximum Gasteiger partial charge on any atom is 0.0988 e. The molecule has 0 fully saturated rings. The fourth-order valence-electron chi connectivity index (χ4n) is 4.60. The van der Waals surface area contributed by atoms with E-state index in [-0.39, 0.29) is 5.04 Å². The van der Waals surface area contributed by atoms with Crippen LogP contribution in [0.2, 0.25) is 5.04 Å². The van der Waals surface area contributed by atoms with Gasteiger partial charge >= 0.3 is 0 Å². The molecule has 0 heterocycles. The first-order valence-corrected chi connectivity index (χ1v) is 10.9. The topological polar surface area (TPSA) is 0 Å². The number of benzene rings is 2. The first kappa shape index (κ1) is 19.9. The molecular weight excluding hydrogens is 340 g/mol. The third-order valence-corrected chi connectivity index (χ3v) is 8.43. The summed E-state index contributed by atoms with van der Waals surface area (Å²) in [7, 11) is 0.757. The van der Waals surface area contributed by atoms with Crippen LogP contribution in [-0.4, -0.2) is 9.52 Å². The lowest BCUT2D eigenvalue weighted by molar-refractivity contribution is 0.732. The highest BCUT2D eigenvalue weighted by Gasteiger charge is 2.41. The van der Waals surface area contributed by atoms with Crippen LogP contribution in [0.15, 0.2) is 58.7 Å². The van der Waals surface area contributed by atoms with E-state index in [1.54, 1.807) is 11.1 Å². The Hall–Kier alpha value is -1.86. The van der Waals surface area contributed by atoms with Gasteiger partial charge in [0, 0.05) is 5.04 Å². The van der Waals surface area contributed by atoms with Crippen LogP contribution in [0.5, 0.6) is 0 Å². The number of hydrogen-bond acceptors (Lipinski definition) is 0. The summed E-state index contributed by atoms with van der Waals surface area (Å²) in [5, 5.41) is 1.60. The van der Waals surface area contributed by atoms with Crippen molar-refractivity contribution in [1.82, 2.24) is 0 Å². The lowest BCUT2D eigenvalue weighted by atomic mass is 9.86. The average Bonchev–Trinajstić information content (AvgIpc) is 2.73. The normalized spacial score (nSPS) is 16.4.